The average Bonchev–Trinajstić information content (AvgIpc) is 2.45. The summed E-state index contributed by atoms with van der Waals surface area (Å²) in [6, 6.07) is 3.70. The molecule has 1 aromatic heterocycles. The van der Waals surface area contributed by atoms with Crippen molar-refractivity contribution in [1.29, 1.82) is 0 Å². The van der Waals surface area contributed by atoms with E-state index in [-0.39, 0.29) is 11.5 Å². The highest BCUT2D eigenvalue weighted by Crippen LogP contribution is 2.37. The fraction of sp³-hybridized carbons (Fsp3) is 0.500. The molecule has 0 spiro atoms. The van der Waals surface area contributed by atoms with Crippen LogP contribution in [0.2, 0.25) is 0 Å². The highest BCUT2D eigenvalue weighted by Gasteiger charge is 2.28. The van der Waals surface area contributed by atoms with Gasteiger partial charge in [0.15, 0.2) is 0 Å². The van der Waals surface area contributed by atoms with Crippen LogP contribution in [0.3, 0.4) is 0 Å². The molecule has 1 rings (SSSR count). The van der Waals surface area contributed by atoms with Crippen molar-refractivity contribution in [2.45, 2.75) is 26.8 Å². The summed E-state index contributed by atoms with van der Waals surface area (Å²) in [6.07, 6.45) is -0.987. The van der Waals surface area contributed by atoms with Crippen molar-refractivity contribution >= 4 is 33.4 Å². The average molecular weight is 292 g/mol. The number of carboxylic acid groups (broad SMARTS) is 1. The first-order valence-electron chi connectivity index (χ1n) is 4.55. The molecule has 1 unspecified atom stereocenters. The van der Waals surface area contributed by atoms with Gasteiger partial charge in [-0.05, 0) is 33.5 Å². The van der Waals surface area contributed by atoms with Gasteiger partial charge in [-0.25, -0.2) is 4.79 Å². The van der Waals surface area contributed by atoms with E-state index in [1.807, 2.05) is 32.9 Å². The van der Waals surface area contributed by atoms with E-state index in [4.69, 9.17) is 5.11 Å². The number of thiophene rings is 1. The van der Waals surface area contributed by atoms with Crippen LogP contribution in [0, 0.1) is 5.41 Å². The van der Waals surface area contributed by atoms with Gasteiger partial charge in [-0.1, -0.05) is 20.8 Å². The molecule has 0 saturated heterocycles. The summed E-state index contributed by atoms with van der Waals surface area (Å²) >= 11 is 4.93. The number of carbonyl (C=O) groups is 1. The first-order chi connectivity index (χ1) is 6.80. The summed E-state index contributed by atoms with van der Waals surface area (Å²) in [4.78, 5) is 11.7. The standard InChI is InChI=1S/C10H14BrNO2S/c1-10(2,3)8(12-9(13)14)6-4-5-7(11)15-6/h4-5,8,12H,1-3H3,(H,13,14). The molecule has 0 aromatic carbocycles. The molecular weight excluding hydrogens is 278 g/mol. The van der Waals surface area contributed by atoms with E-state index >= 15 is 0 Å². The van der Waals surface area contributed by atoms with Crippen LogP contribution < -0.4 is 5.32 Å². The van der Waals surface area contributed by atoms with Crippen molar-refractivity contribution < 1.29 is 9.90 Å². The van der Waals surface area contributed by atoms with Gasteiger partial charge in [-0.2, -0.15) is 0 Å². The summed E-state index contributed by atoms with van der Waals surface area (Å²) in [6.45, 7) is 6.05. The van der Waals surface area contributed by atoms with E-state index in [1.165, 1.54) is 0 Å². The minimum absolute atomic E-state index is 0.136. The second-order valence-electron chi connectivity index (χ2n) is 4.39. The SMILES string of the molecule is CC(C)(C)C(NC(=O)O)c1ccc(Br)s1. The van der Waals surface area contributed by atoms with Gasteiger partial charge in [0.1, 0.15) is 0 Å². The fourth-order valence-electron chi connectivity index (χ4n) is 1.32. The van der Waals surface area contributed by atoms with Crippen LogP contribution in [-0.2, 0) is 0 Å². The Morgan fingerprint density at radius 1 is 1.53 bits per heavy atom. The predicted octanol–water partition coefficient (Wildman–Crippen LogP) is 3.87. The molecule has 0 saturated carbocycles. The van der Waals surface area contributed by atoms with Crippen molar-refractivity contribution in [2.75, 3.05) is 0 Å². The second-order valence-corrected chi connectivity index (χ2v) is 6.88. The van der Waals surface area contributed by atoms with Crippen LogP contribution in [0.25, 0.3) is 0 Å². The van der Waals surface area contributed by atoms with Gasteiger partial charge < -0.3 is 10.4 Å². The molecule has 15 heavy (non-hydrogen) atoms. The molecule has 0 aliphatic heterocycles. The van der Waals surface area contributed by atoms with Gasteiger partial charge in [0, 0.05) is 4.88 Å². The van der Waals surface area contributed by atoms with Gasteiger partial charge in [0.05, 0.1) is 9.83 Å². The van der Waals surface area contributed by atoms with Crippen LogP contribution >= 0.6 is 27.3 Å². The first kappa shape index (κ1) is 12.5. The monoisotopic (exact) mass is 291 g/mol. The van der Waals surface area contributed by atoms with Gasteiger partial charge in [0.2, 0.25) is 0 Å². The van der Waals surface area contributed by atoms with Crippen LogP contribution in [-0.4, -0.2) is 11.2 Å². The van der Waals surface area contributed by atoms with Gasteiger partial charge in [-0.3, -0.25) is 0 Å². The molecule has 1 amide bonds. The van der Waals surface area contributed by atoms with Gasteiger partial charge in [-0.15, -0.1) is 11.3 Å². The summed E-state index contributed by atoms with van der Waals surface area (Å²) in [5.74, 6) is 0. The molecule has 0 bridgehead atoms. The number of rotatable bonds is 2. The fourth-order valence-corrected chi connectivity index (χ4v) is 3.04. The van der Waals surface area contributed by atoms with Crippen molar-refractivity contribution in [3.63, 3.8) is 0 Å². The third-order valence-electron chi connectivity index (χ3n) is 2.01. The van der Waals surface area contributed by atoms with Crippen LogP contribution in [0.15, 0.2) is 15.9 Å². The topological polar surface area (TPSA) is 49.3 Å². The van der Waals surface area contributed by atoms with Crippen LogP contribution in [0.4, 0.5) is 4.79 Å². The lowest BCUT2D eigenvalue weighted by molar-refractivity contribution is 0.175. The zero-order chi connectivity index (χ0) is 11.6. The number of hydrogen-bond acceptors (Lipinski definition) is 2. The van der Waals surface area contributed by atoms with E-state index in [0.717, 1.165) is 8.66 Å². The predicted molar refractivity (Wildman–Crippen MR) is 65.4 cm³/mol. The third-order valence-corrected chi connectivity index (χ3v) is 3.70. The van der Waals surface area contributed by atoms with Crippen molar-refractivity contribution in [3.8, 4) is 0 Å². The Hall–Kier alpha value is -0.550. The molecule has 1 heterocycles. The largest absolute Gasteiger partial charge is 0.465 e. The van der Waals surface area contributed by atoms with Crippen molar-refractivity contribution in [3.05, 3.63) is 20.8 Å². The second kappa shape index (κ2) is 4.53. The summed E-state index contributed by atoms with van der Waals surface area (Å²) in [5, 5.41) is 11.4. The zero-order valence-electron chi connectivity index (χ0n) is 8.87. The molecule has 1 aromatic rings. The summed E-state index contributed by atoms with van der Waals surface area (Å²) < 4.78 is 1.01. The number of nitrogens with one attached hydrogen (secondary N) is 1. The quantitative estimate of drug-likeness (QED) is 0.869. The summed E-state index contributed by atoms with van der Waals surface area (Å²) in [7, 11) is 0. The van der Waals surface area contributed by atoms with Crippen molar-refractivity contribution in [1.82, 2.24) is 5.32 Å². The lowest BCUT2D eigenvalue weighted by Gasteiger charge is -2.29. The molecule has 0 radical (unpaired) electrons. The third kappa shape index (κ3) is 3.50. The van der Waals surface area contributed by atoms with E-state index < -0.39 is 6.09 Å². The van der Waals surface area contributed by atoms with Crippen LogP contribution in [0.1, 0.15) is 31.7 Å². The molecule has 0 fully saturated rings. The normalized spacial score (nSPS) is 13.6. The Morgan fingerprint density at radius 3 is 2.47 bits per heavy atom. The zero-order valence-corrected chi connectivity index (χ0v) is 11.3. The Bertz CT molecular complexity index is 357. The molecule has 0 aliphatic rings. The Labute approximate surface area is 102 Å². The van der Waals surface area contributed by atoms with E-state index in [1.54, 1.807) is 11.3 Å². The maximum atomic E-state index is 10.7. The van der Waals surface area contributed by atoms with Crippen LogP contribution in [0.5, 0.6) is 0 Å². The van der Waals surface area contributed by atoms with E-state index in [2.05, 4.69) is 21.2 Å². The highest BCUT2D eigenvalue weighted by molar-refractivity contribution is 9.11. The van der Waals surface area contributed by atoms with Gasteiger partial charge >= 0.3 is 6.09 Å². The van der Waals surface area contributed by atoms with E-state index in [9.17, 15) is 4.79 Å². The Kier molecular flexibility index (Phi) is 3.78. The minimum Gasteiger partial charge on any atom is -0.465 e. The molecule has 1 atom stereocenters. The minimum atomic E-state index is -0.987. The lowest BCUT2D eigenvalue weighted by atomic mass is 9.86. The maximum Gasteiger partial charge on any atom is 0.405 e. The molecule has 5 heteroatoms. The molecule has 2 N–H and O–H groups in total. The maximum absolute atomic E-state index is 10.7. The highest BCUT2D eigenvalue weighted by atomic mass is 79.9. The summed E-state index contributed by atoms with van der Waals surface area (Å²) in [5.41, 5.74) is -0.136. The Balaban J connectivity index is 2.96. The van der Waals surface area contributed by atoms with E-state index in [0.29, 0.717) is 0 Å². The number of hydrogen-bond donors (Lipinski definition) is 2. The molecular formula is C10H14BrNO2S. The molecule has 84 valence electrons. The smallest absolute Gasteiger partial charge is 0.405 e. The lowest BCUT2D eigenvalue weighted by Crippen LogP contribution is -2.35. The number of amides is 1. The first-order valence-corrected chi connectivity index (χ1v) is 6.16. The number of halogens is 1. The van der Waals surface area contributed by atoms with Gasteiger partial charge in [0.25, 0.3) is 0 Å². The Morgan fingerprint density at radius 2 is 2.13 bits per heavy atom. The molecule has 3 nitrogen and oxygen atoms in total. The van der Waals surface area contributed by atoms with Crippen molar-refractivity contribution in [2.24, 2.45) is 5.41 Å². The molecule has 0 aliphatic carbocycles.